The minimum Gasteiger partial charge on any atom is -0.354 e. The summed E-state index contributed by atoms with van der Waals surface area (Å²) in [5.74, 6) is 0.817. The largest absolute Gasteiger partial charge is 0.354 e. The minimum absolute atomic E-state index is 0.246. The Morgan fingerprint density at radius 2 is 2.47 bits per heavy atom. The van der Waals surface area contributed by atoms with Crippen molar-refractivity contribution in [3.63, 3.8) is 0 Å². The van der Waals surface area contributed by atoms with Gasteiger partial charge in [-0.15, -0.1) is 0 Å². The first kappa shape index (κ1) is 12.8. The molecule has 17 heavy (non-hydrogen) atoms. The highest BCUT2D eigenvalue weighted by Gasteiger charge is 2.22. The van der Waals surface area contributed by atoms with Crippen LogP contribution in [0.15, 0.2) is 16.7 Å². The van der Waals surface area contributed by atoms with E-state index in [2.05, 4.69) is 26.2 Å². The molecular formula is C12H17BrFN3. The molecule has 1 fully saturated rings. The fourth-order valence-electron chi connectivity index (χ4n) is 2.35. The monoisotopic (exact) mass is 301 g/mol. The molecule has 1 N–H and O–H groups in total. The quantitative estimate of drug-likeness (QED) is 0.929. The number of rotatable bonds is 3. The SMILES string of the molecule is CNCC1CCCN(c2ncc(Br)cc2F)C1. The van der Waals surface area contributed by atoms with Gasteiger partial charge in [0.1, 0.15) is 0 Å². The zero-order valence-corrected chi connectivity index (χ0v) is 11.5. The van der Waals surface area contributed by atoms with Crippen molar-refractivity contribution in [3.05, 3.63) is 22.6 Å². The predicted octanol–water partition coefficient (Wildman–Crippen LogP) is 2.42. The summed E-state index contributed by atoms with van der Waals surface area (Å²) >= 11 is 3.23. The molecule has 3 nitrogen and oxygen atoms in total. The van der Waals surface area contributed by atoms with Crippen molar-refractivity contribution in [2.75, 3.05) is 31.6 Å². The fourth-order valence-corrected chi connectivity index (χ4v) is 2.66. The lowest BCUT2D eigenvalue weighted by Gasteiger charge is -2.33. The molecule has 0 radical (unpaired) electrons. The van der Waals surface area contributed by atoms with Crippen molar-refractivity contribution in [1.82, 2.24) is 10.3 Å². The van der Waals surface area contributed by atoms with E-state index in [4.69, 9.17) is 0 Å². The van der Waals surface area contributed by atoms with Crippen LogP contribution in [0.25, 0.3) is 0 Å². The Morgan fingerprint density at radius 3 is 3.18 bits per heavy atom. The Balaban J connectivity index is 2.10. The predicted molar refractivity (Wildman–Crippen MR) is 70.8 cm³/mol. The van der Waals surface area contributed by atoms with E-state index < -0.39 is 0 Å². The van der Waals surface area contributed by atoms with Crippen LogP contribution < -0.4 is 10.2 Å². The molecule has 1 aromatic heterocycles. The summed E-state index contributed by atoms with van der Waals surface area (Å²) in [7, 11) is 1.96. The van der Waals surface area contributed by atoms with Crippen LogP contribution in [0.2, 0.25) is 0 Å². The van der Waals surface area contributed by atoms with Crippen LogP contribution in [0.4, 0.5) is 10.2 Å². The average molecular weight is 302 g/mol. The number of nitrogens with zero attached hydrogens (tertiary/aromatic N) is 2. The first-order valence-electron chi connectivity index (χ1n) is 5.91. The van der Waals surface area contributed by atoms with Crippen LogP contribution in [0, 0.1) is 11.7 Å². The third kappa shape index (κ3) is 3.16. The number of nitrogens with one attached hydrogen (secondary N) is 1. The second kappa shape index (κ2) is 5.78. The van der Waals surface area contributed by atoms with E-state index in [1.54, 1.807) is 6.20 Å². The number of halogens is 2. The maximum absolute atomic E-state index is 13.8. The zero-order chi connectivity index (χ0) is 12.3. The van der Waals surface area contributed by atoms with Crippen molar-refractivity contribution in [1.29, 1.82) is 0 Å². The van der Waals surface area contributed by atoms with Crippen LogP contribution in [-0.4, -0.2) is 31.7 Å². The molecule has 1 aliphatic heterocycles. The van der Waals surface area contributed by atoms with Crippen LogP contribution in [0.3, 0.4) is 0 Å². The number of anilines is 1. The molecule has 0 bridgehead atoms. The summed E-state index contributed by atoms with van der Waals surface area (Å²) in [4.78, 5) is 6.23. The van der Waals surface area contributed by atoms with E-state index >= 15 is 0 Å². The van der Waals surface area contributed by atoms with Crippen molar-refractivity contribution < 1.29 is 4.39 Å². The highest BCUT2D eigenvalue weighted by molar-refractivity contribution is 9.10. The Bertz CT molecular complexity index is 384. The van der Waals surface area contributed by atoms with Crippen molar-refractivity contribution in [2.45, 2.75) is 12.8 Å². The summed E-state index contributed by atoms with van der Waals surface area (Å²) in [6, 6.07) is 1.48. The molecule has 94 valence electrons. The lowest BCUT2D eigenvalue weighted by Crippen LogP contribution is -2.39. The van der Waals surface area contributed by atoms with Gasteiger partial charge in [-0.3, -0.25) is 0 Å². The van der Waals surface area contributed by atoms with E-state index in [0.717, 1.165) is 26.1 Å². The van der Waals surface area contributed by atoms with Crippen molar-refractivity contribution >= 4 is 21.7 Å². The third-order valence-electron chi connectivity index (χ3n) is 3.10. The van der Waals surface area contributed by atoms with Crippen LogP contribution in [0.5, 0.6) is 0 Å². The number of hydrogen-bond acceptors (Lipinski definition) is 3. The number of piperidine rings is 1. The molecule has 1 unspecified atom stereocenters. The van der Waals surface area contributed by atoms with Gasteiger partial charge in [0.2, 0.25) is 0 Å². The van der Waals surface area contributed by atoms with Crippen LogP contribution >= 0.6 is 15.9 Å². The van der Waals surface area contributed by atoms with Gasteiger partial charge in [0.05, 0.1) is 0 Å². The molecule has 2 heterocycles. The van der Waals surface area contributed by atoms with E-state index in [0.29, 0.717) is 16.2 Å². The lowest BCUT2D eigenvalue weighted by atomic mass is 9.98. The first-order valence-corrected chi connectivity index (χ1v) is 6.70. The second-order valence-corrected chi connectivity index (χ2v) is 5.39. The van der Waals surface area contributed by atoms with Gasteiger partial charge in [-0.05, 0) is 54.3 Å². The Labute approximate surface area is 110 Å². The maximum Gasteiger partial charge on any atom is 0.166 e. The molecule has 2 rings (SSSR count). The summed E-state index contributed by atoms with van der Waals surface area (Å²) < 4.78 is 14.5. The van der Waals surface area contributed by atoms with Gasteiger partial charge in [-0.1, -0.05) is 0 Å². The third-order valence-corrected chi connectivity index (χ3v) is 3.53. The lowest BCUT2D eigenvalue weighted by molar-refractivity contribution is 0.398. The van der Waals surface area contributed by atoms with E-state index in [1.807, 2.05) is 11.9 Å². The number of pyridine rings is 1. The molecule has 0 saturated carbocycles. The van der Waals surface area contributed by atoms with Crippen LogP contribution in [0.1, 0.15) is 12.8 Å². The normalized spacial score (nSPS) is 20.6. The molecule has 0 amide bonds. The van der Waals surface area contributed by atoms with Gasteiger partial charge in [0.25, 0.3) is 0 Å². The summed E-state index contributed by atoms with van der Waals surface area (Å²) in [5.41, 5.74) is 0. The minimum atomic E-state index is -0.246. The second-order valence-electron chi connectivity index (χ2n) is 4.47. The zero-order valence-electron chi connectivity index (χ0n) is 9.92. The molecule has 0 aromatic carbocycles. The average Bonchev–Trinajstić information content (AvgIpc) is 2.29. The van der Waals surface area contributed by atoms with Gasteiger partial charge in [0, 0.05) is 23.8 Å². The summed E-state index contributed by atoms with van der Waals surface area (Å²) in [6.45, 7) is 2.76. The Morgan fingerprint density at radius 1 is 1.65 bits per heavy atom. The molecule has 0 aliphatic carbocycles. The summed E-state index contributed by atoms with van der Waals surface area (Å²) in [6.07, 6.45) is 3.96. The Kier molecular flexibility index (Phi) is 4.34. The number of aromatic nitrogens is 1. The van der Waals surface area contributed by atoms with Gasteiger partial charge in [0.15, 0.2) is 11.6 Å². The molecular weight excluding hydrogens is 285 g/mol. The molecule has 1 aromatic rings. The fraction of sp³-hybridized carbons (Fsp3) is 0.583. The first-order chi connectivity index (χ1) is 8.20. The molecule has 1 atom stereocenters. The van der Waals surface area contributed by atoms with Gasteiger partial charge >= 0.3 is 0 Å². The van der Waals surface area contributed by atoms with E-state index in [9.17, 15) is 4.39 Å². The molecule has 0 spiro atoms. The number of hydrogen-bond donors (Lipinski definition) is 1. The molecule has 1 aliphatic rings. The van der Waals surface area contributed by atoms with Crippen molar-refractivity contribution in [3.8, 4) is 0 Å². The standard InChI is InChI=1S/C12H17BrFN3/c1-15-6-9-3-2-4-17(8-9)12-11(14)5-10(13)7-16-12/h5,7,9,15H,2-4,6,8H2,1H3. The van der Waals surface area contributed by atoms with Crippen LogP contribution in [-0.2, 0) is 0 Å². The topological polar surface area (TPSA) is 28.2 Å². The smallest absolute Gasteiger partial charge is 0.166 e. The van der Waals surface area contributed by atoms with Gasteiger partial charge < -0.3 is 10.2 Å². The highest BCUT2D eigenvalue weighted by atomic mass is 79.9. The van der Waals surface area contributed by atoms with E-state index in [1.165, 1.54) is 12.5 Å². The van der Waals surface area contributed by atoms with E-state index in [-0.39, 0.29) is 5.82 Å². The van der Waals surface area contributed by atoms with Gasteiger partial charge in [-0.2, -0.15) is 0 Å². The Hall–Kier alpha value is -0.680. The highest BCUT2D eigenvalue weighted by Crippen LogP contribution is 2.25. The molecule has 5 heteroatoms. The van der Waals surface area contributed by atoms with Crippen molar-refractivity contribution in [2.24, 2.45) is 5.92 Å². The molecule has 1 saturated heterocycles. The maximum atomic E-state index is 13.8. The van der Waals surface area contributed by atoms with Gasteiger partial charge in [-0.25, -0.2) is 9.37 Å². The summed E-state index contributed by atoms with van der Waals surface area (Å²) in [5, 5.41) is 3.18.